The Hall–Kier alpha value is -1.32. The third-order valence-corrected chi connectivity index (χ3v) is 2.65. The van der Waals surface area contributed by atoms with E-state index in [9.17, 15) is 9.59 Å². The van der Waals surface area contributed by atoms with Crippen molar-refractivity contribution < 1.29 is 14.7 Å². The first kappa shape index (κ1) is 8.29. The first-order valence-electron chi connectivity index (χ1n) is 4.39. The van der Waals surface area contributed by atoms with Gasteiger partial charge in [-0.1, -0.05) is 12.2 Å². The van der Waals surface area contributed by atoms with Gasteiger partial charge in [-0.15, -0.1) is 0 Å². The maximum atomic E-state index is 11.2. The Labute approximate surface area is 75.8 Å². The van der Waals surface area contributed by atoms with E-state index in [1.165, 1.54) is 4.90 Å². The number of β-lactam (4-membered cyclic amide) rings is 1. The molecule has 0 saturated carbocycles. The SMILES string of the molecule is O=C(O)C1CC=CCC2CC(=O)N21. The summed E-state index contributed by atoms with van der Waals surface area (Å²) in [5, 5.41) is 8.88. The summed E-state index contributed by atoms with van der Waals surface area (Å²) in [4.78, 5) is 23.5. The highest BCUT2D eigenvalue weighted by Crippen LogP contribution is 2.29. The zero-order valence-corrected chi connectivity index (χ0v) is 7.14. The van der Waals surface area contributed by atoms with Crippen LogP contribution in [0.4, 0.5) is 0 Å². The second-order valence-electron chi connectivity index (χ2n) is 3.46. The number of carboxylic acids is 1. The molecule has 0 spiro atoms. The number of hydrogen-bond acceptors (Lipinski definition) is 2. The minimum atomic E-state index is -0.899. The molecule has 2 aliphatic rings. The van der Waals surface area contributed by atoms with E-state index in [0.717, 1.165) is 6.42 Å². The number of carbonyl (C=O) groups is 2. The summed E-state index contributed by atoms with van der Waals surface area (Å²) in [6, 6.07) is -0.502. The van der Waals surface area contributed by atoms with E-state index < -0.39 is 12.0 Å². The fraction of sp³-hybridized carbons (Fsp3) is 0.556. The number of nitrogens with zero attached hydrogens (tertiary/aromatic N) is 1. The summed E-state index contributed by atoms with van der Waals surface area (Å²) in [6.45, 7) is 0. The van der Waals surface area contributed by atoms with E-state index in [4.69, 9.17) is 5.11 Å². The van der Waals surface area contributed by atoms with E-state index >= 15 is 0 Å². The Kier molecular flexibility index (Phi) is 1.83. The van der Waals surface area contributed by atoms with Crippen LogP contribution in [0.3, 0.4) is 0 Å². The Morgan fingerprint density at radius 3 is 2.77 bits per heavy atom. The highest BCUT2D eigenvalue weighted by Gasteiger charge is 2.43. The van der Waals surface area contributed by atoms with Crippen LogP contribution < -0.4 is 0 Å². The van der Waals surface area contributed by atoms with Crippen molar-refractivity contribution >= 4 is 11.9 Å². The van der Waals surface area contributed by atoms with Crippen molar-refractivity contribution in [3.05, 3.63) is 12.2 Å². The van der Waals surface area contributed by atoms with Gasteiger partial charge in [0, 0.05) is 12.5 Å². The lowest BCUT2D eigenvalue weighted by Crippen LogP contribution is -2.58. The first-order chi connectivity index (χ1) is 6.20. The van der Waals surface area contributed by atoms with Crippen LogP contribution in [0.15, 0.2) is 12.2 Å². The van der Waals surface area contributed by atoms with Gasteiger partial charge in [-0.05, 0) is 12.8 Å². The Bertz CT molecular complexity index is 285. The van der Waals surface area contributed by atoms with Gasteiger partial charge < -0.3 is 10.0 Å². The van der Waals surface area contributed by atoms with Gasteiger partial charge in [-0.25, -0.2) is 4.79 Å². The first-order valence-corrected chi connectivity index (χ1v) is 4.39. The molecule has 70 valence electrons. The molecule has 0 aromatic heterocycles. The topological polar surface area (TPSA) is 57.6 Å². The summed E-state index contributed by atoms with van der Waals surface area (Å²) in [5.41, 5.74) is 0. The van der Waals surface area contributed by atoms with Crippen LogP contribution in [0, 0.1) is 0 Å². The van der Waals surface area contributed by atoms with E-state index in [2.05, 4.69) is 0 Å². The molecule has 0 bridgehead atoms. The highest BCUT2D eigenvalue weighted by molar-refractivity contribution is 5.89. The molecular weight excluding hydrogens is 170 g/mol. The van der Waals surface area contributed by atoms with Gasteiger partial charge in [0.15, 0.2) is 0 Å². The number of rotatable bonds is 1. The van der Waals surface area contributed by atoms with Crippen molar-refractivity contribution in [1.82, 2.24) is 4.90 Å². The normalized spacial score (nSPS) is 32.0. The van der Waals surface area contributed by atoms with Gasteiger partial charge in [-0.3, -0.25) is 4.79 Å². The number of carboxylic acid groups (broad SMARTS) is 1. The van der Waals surface area contributed by atoms with Crippen LogP contribution in [-0.4, -0.2) is 34.0 Å². The molecule has 1 amide bonds. The molecular formula is C9H11NO3. The molecule has 1 N–H and O–H groups in total. The molecule has 4 heteroatoms. The monoisotopic (exact) mass is 181 g/mol. The van der Waals surface area contributed by atoms with Crippen LogP contribution in [0.2, 0.25) is 0 Å². The lowest BCUT2D eigenvalue weighted by atomic mass is 9.97. The van der Waals surface area contributed by atoms with E-state index in [-0.39, 0.29) is 11.9 Å². The van der Waals surface area contributed by atoms with E-state index in [1.54, 1.807) is 0 Å². The molecule has 1 saturated heterocycles. The van der Waals surface area contributed by atoms with Crippen molar-refractivity contribution in [1.29, 1.82) is 0 Å². The third-order valence-electron chi connectivity index (χ3n) is 2.65. The van der Waals surface area contributed by atoms with Crippen molar-refractivity contribution in [2.75, 3.05) is 0 Å². The van der Waals surface area contributed by atoms with Crippen LogP contribution in [0.5, 0.6) is 0 Å². The van der Waals surface area contributed by atoms with Gasteiger partial charge in [0.05, 0.1) is 0 Å². The maximum Gasteiger partial charge on any atom is 0.326 e. The van der Waals surface area contributed by atoms with Crippen molar-refractivity contribution in [2.45, 2.75) is 31.3 Å². The molecule has 2 aliphatic heterocycles. The largest absolute Gasteiger partial charge is 0.480 e. The van der Waals surface area contributed by atoms with E-state index in [0.29, 0.717) is 12.8 Å². The smallest absolute Gasteiger partial charge is 0.326 e. The predicted molar refractivity (Wildman–Crippen MR) is 45.0 cm³/mol. The van der Waals surface area contributed by atoms with Crippen molar-refractivity contribution in [2.24, 2.45) is 0 Å². The number of amides is 1. The second kappa shape index (κ2) is 2.87. The Morgan fingerprint density at radius 1 is 1.46 bits per heavy atom. The number of aliphatic carboxylic acids is 1. The lowest BCUT2D eigenvalue weighted by molar-refractivity contribution is -0.161. The molecule has 2 rings (SSSR count). The zero-order chi connectivity index (χ0) is 9.42. The molecule has 2 unspecified atom stereocenters. The summed E-state index contributed by atoms with van der Waals surface area (Å²) >= 11 is 0. The van der Waals surface area contributed by atoms with Gasteiger partial charge in [0.1, 0.15) is 6.04 Å². The molecule has 0 aliphatic carbocycles. The maximum absolute atomic E-state index is 11.2. The summed E-state index contributed by atoms with van der Waals surface area (Å²) in [5.74, 6) is -0.925. The van der Waals surface area contributed by atoms with Crippen LogP contribution >= 0.6 is 0 Å². The third kappa shape index (κ3) is 1.22. The van der Waals surface area contributed by atoms with Crippen LogP contribution in [-0.2, 0) is 9.59 Å². The zero-order valence-electron chi connectivity index (χ0n) is 7.14. The lowest BCUT2D eigenvalue weighted by Gasteiger charge is -2.42. The summed E-state index contributed by atoms with van der Waals surface area (Å²) in [7, 11) is 0. The number of fused-ring (bicyclic) bond motifs is 1. The van der Waals surface area contributed by atoms with Crippen LogP contribution in [0.1, 0.15) is 19.3 Å². The predicted octanol–water partition coefficient (Wildman–Crippen LogP) is 0.391. The summed E-state index contributed by atoms with van der Waals surface area (Å²) < 4.78 is 0. The molecule has 0 radical (unpaired) electrons. The van der Waals surface area contributed by atoms with Gasteiger partial charge in [-0.2, -0.15) is 0 Å². The molecule has 13 heavy (non-hydrogen) atoms. The van der Waals surface area contributed by atoms with Crippen molar-refractivity contribution in [3.8, 4) is 0 Å². The quantitative estimate of drug-likeness (QED) is 0.470. The molecule has 2 heterocycles. The highest BCUT2D eigenvalue weighted by atomic mass is 16.4. The minimum Gasteiger partial charge on any atom is -0.480 e. The molecule has 4 nitrogen and oxygen atoms in total. The number of carbonyl (C=O) groups excluding carboxylic acids is 1. The summed E-state index contributed by atoms with van der Waals surface area (Å²) in [6.07, 6.45) is 5.57. The van der Waals surface area contributed by atoms with Gasteiger partial charge in [0.25, 0.3) is 0 Å². The average molecular weight is 181 g/mol. The average Bonchev–Trinajstić information content (AvgIpc) is 2.22. The van der Waals surface area contributed by atoms with E-state index in [1.807, 2.05) is 12.2 Å². The fourth-order valence-electron chi connectivity index (χ4n) is 1.93. The molecule has 0 aromatic rings. The second-order valence-corrected chi connectivity index (χ2v) is 3.46. The minimum absolute atomic E-state index is 0.0268. The van der Waals surface area contributed by atoms with Gasteiger partial charge >= 0.3 is 5.97 Å². The van der Waals surface area contributed by atoms with Gasteiger partial charge in [0.2, 0.25) is 5.91 Å². The number of hydrogen-bond donors (Lipinski definition) is 1. The van der Waals surface area contributed by atoms with Crippen LogP contribution in [0.25, 0.3) is 0 Å². The Balaban J connectivity index is 2.19. The molecule has 1 fully saturated rings. The van der Waals surface area contributed by atoms with Crippen molar-refractivity contribution in [3.63, 3.8) is 0 Å². The fourth-order valence-corrected chi connectivity index (χ4v) is 1.93. The molecule has 0 aromatic carbocycles. The Morgan fingerprint density at radius 2 is 2.15 bits per heavy atom. The molecule has 2 atom stereocenters. The standard InChI is InChI=1S/C9H11NO3/c11-8-5-6-3-1-2-4-7(9(12)13)10(6)8/h1-2,6-7H,3-5H2,(H,12,13).